The third kappa shape index (κ3) is 3.90. The van der Waals surface area contributed by atoms with Gasteiger partial charge in [0.1, 0.15) is 18.5 Å². The van der Waals surface area contributed by atoms with Gasteiger partial charge >= 0.3 is 0 Å². The van der Waals surface area contributed by atoms with E-state index in [0.717, 1.165) is 56.6 Å². The van der Waals surface area contributed by atoms with Gasteiger partial charge in [-0.25, -0.2) is 4.99 Å². The summed E-state index contributed by atoms with van der Waals surface area (Å²) in [5.74, 6) is 2.98. The number of morpholine rings is 1. The molecule has 28 heavy (non-hydrogen) atoms. The second-order valence-corrected chi connectivity index (χ2v) is 7.62. The second kappa shape index (κ2) is 8.31. The van der Waals surface area contributed by atoms with E-state index in [1.54, 1.807) is 0 Å². The van der Waals surface area contributed by atoms with Crippen LogP contribution in [0.15, 0.2) is 23.2 Å². The van der Waals surface area contributed by atoms with E-state index >= 15 is 0 Å². The lowest BCUT2D eigenvalue weighted by atomic mass is 10.00. The van der Waals surface area contributed by atoms with Crippen LogP contribution in [0.4, 0.5) is 0 Å². The largest absolute Gasteiger partial charge is 0.370 e. The van der Waals surface area contributed by atoms with E-state index in [0.29, 0.717) is 13.2 Å². The molecule has 2 aromatic rings. The molecular weight excluding hydrogens is 352 g/mol. The summed E-state index contributed by atoms with van der Waals surface area (Å²) in [5.41, 5.74) is 3.83. The van der Waals surface area contributed by atoms with Crippen LogP contribution in [0.1, 0.15) is 47.8 Å². The Morgan fingerprint density at radius 2 is 2.18 bits per heavy atom. The number of hydrogen-bond acceptors (Lipinski definition) is 4. The van der Waals surface area contributed by atoms with E-state index in [9.17, 15) is 0 Å². The molecule has 0 saturated carbocycles. The van der Waals surface area contributed by atoms with Crippen LogP contribution in [0, 0.1) is 13.8 Å². The summed E-state index contributed by atoms with van der Waals surface area (Å²) in [7, 11) is 0. The van der Waals surface area contributed by atoms with Gasteiger partial charge in [-0.3, -0.25) is 0 Å². The summed E-state index contributed by atoms with van der Waals surface area (Å²) in [6, 6.07) is 6.58. The number of aryl methyl sites for hydroxylation is 3. The Morgan fingerprint density at radius 3 is 3.00 bits per heavy atom. The molecule has 0 spiro atoms. The molecule has 150 valence electrons. The van der Waals surface area contributed by atoms with Gasteiger partial charge in [0.2, 0.25) is 0 Å². The molecule has 0 aliphatic carbocycles. The summed E-state index contributed by atoms with van der Waals surface area (Å²) in [5, 5.41) is 12.1. The molecule has 7 heteroatoms. The summed E-state index contributed by atoms with van der Waals surface area (Å²) in [6.45, 7) is 11.1. The lowest BCUT2D eigenvalue weighted by molar-refractivity contribution is -0.00835. The number of ether oxygens (including phenoxy) is 1. The quantitative estimate of drug-likeness (QED) is 0.650. The number of benzene rings is 1. The predicted octanol–water partition coefficient (Wildman–Crippen LogP) is 2.38. The van der Waals surface area contributed by atoms with Crippen LogP contribution in [-0.4, -0.2) is 51.9 Å². The zero-order valence-electron chi connectivity index (χ0n) is 17.1. The maximum absolute atomic E-state index is 6.10. The highest BCUT2D eigenvalue weighted by atomic mass is 16.5. The summed E-state index contributed by atoms with van der Waals surface area (Å²) < 4.78 is 8.32. The maximum Gasteiger partial charge on any atom is 0.194 e. The van der Waals surface area contributed by atoms with Crippen LogP contribution in [0.3, 0.4) is 0 Å². The molecule has 0 bridgehead atoms. The smallest absolute Gasteiger partial charge is 0.194 e. The third-order valence-electron chi connectivity index (χ3n) is 5.53. The molecule has 1 saturated heterocycles. The first kappa shape index (κ1) is 18.9. The van der Waals surface area contributed by atoms with Gasteiger partial charge in [0.15, 0.2) is 11.8 Å². The molecule has 4 rings (SSSR count). The van der Waals surface area contributed by atoms with Crippen molar-refractivity contribution >= 4 is 5.96 Å². The zero-order chi connectivity index (χ0) is 19.5. The van der Waals surface area contributed by atoms with Crippen LogP contribution >= 0.6 is 0 Å². The highest BCUT2D eigenvalue weighted by Crippen LogP contribution is 2.26. The van der Waals surface area contributed by atoms with Crippen molar-refractivity contribution in [2.75, 3.05) is 26.2 Å². The first-order valence-electron chi connectivity index (χ1n) is 10.3. The van der Waals surface area contributed by atoms with Crippen molar-refractivity contribution in [1.29, 1.82) is 0 Å². The fourth-order valence-electron chi connectivity index (χ4n) is 4.12. The van der Waals surface area contributed by atoms with Gasteiger partial charge in [-0.1, -0.05) is 23.8 Å². The Balaban J connectivity index is 1.50. The number of nitrogens with zero attached hydrogens (tertiary/aromatic N) is 5. The van der Waals surface area contributed by atoms with Crippen molar-refractivity contribution in [3.63, 3.8) is 0 Å². The Morgan fingerprint density at radius 1 is 1.29 bits per heavy atom. The Hall–Kier alpha value is -2.41. The van der Waals surface area contributed by atoms with Gasteiger partial charge in [-0.2, -0.15) is 0 Å². The molecule has 1 aromatic heterocycles. The second-order valence-electron chi connectivity index (χ2n) is 7.62. The van der Waals surface area contributed by atoms with E-state index in [2.05, 4.69) is 64.0 Å². The number of hydrogen-bond donors (Lipinski definition) is 1. The maximum atomic E-state index is 6.10. The average molecular weight is 383 g/mol. The first-order chi connectivity index (χ1) is 13.7. The normalized spacial score (nSPS) is 19.8. The van der Waals surface area contributed by atoms with E-state index < -0.39 is 0 Å². The minimum absolute atomic E-state index is 0.0653. The van der Waals surface area contributed by atoms with Crippen LogP contribution < -0.4 is 5.32 Å². The molecule has 0 radical (unpaired) electrons. The number of rotatable bonds is 4. The molecule has 2 aliphatic rings. The fourth-order valence-corrected chi connectivity index (χ4v) is 4.12. The van der Waals surface area contributed by atoms with E-state index in [-0.39, 0.29) is 6.10 Å². The number of aromatic nitrogens is 3. The Bertz CT molecular complexity index is 859. The molecule has 0 amide bonds. The first-order valence-corrected chi connectivity index (χ1v) is 10.3. The minimum atomic E-state index is 0.0653. The van der Waals surface area contributed by atoms with Crippen molar-refractivity contribution in [1.82, 2.24) is 25.0 Å². The molecule has 1 aromatic carbocycles. The monoisotopic (exact) mass is 382 g/mol. The highest BCUT2D eigenvalue weighted by molar-refractivity contribution is 5.80. The standard InChI is InChI=1S/C21H30N6O/c1-4-22-21(23-13-20-25-24-19-6-5-9-27(19)20)26-10-11-28-18(14-26)17-8-7-15(2)12-16(17)3/h7-8,12,18H,4-6,9-11,13-14H2,1-3H3,(H,22,23). The van der Waals surface area contributed by atoms with Crippen molar-refractivity contribution in [2.45, 2.75) is 52.8 Å². The van der Waals surface area contributed by atoms with Crippen LogP contribution in [0.25, 0.3) is 0 Å². The molecule has 1 fully saturated rings. The van der Waals surface area contributed by atoms with E-state index in [1.165, 1.54) is 16.7 Å². The predicted molar refractivity (Wildman–Crippen MR) is 109 cm³/mol. The summed E-state index contributed by atoms with van der Waals surface area (Å²) >= 11 is 0. The number of nitrogens with one attached hydrogen (secondary N) is 1. The number of guanidine groups is 1. The SMILES string of the molecule is CCNC(=NCc1nnc2n1CCC2)N1CCOC(c2ccc(C)cc2C)C1. The molecular formula is C21H30N6O. The lowest BCUT2D eigenvalue weighted by Crippen LogP contribution is -2.48. The van der Waals surface area contributed by atoms with E-state index in [4.69, 9.17) is 9.73 Å². The van der Waals surface area contributed by atoms with Gasteiger partial charge in [0, 0.05) is 26.1 Å². The van der Waals surface area contributed by atoms with Gasteiger partial charge < -0.3 is 19.5 Å². The van der Waals surface area contributed by atoms with Crippen LogP contribution in [0.2, 0.25) is 0 Å². The molecule has 1 atom stereocenters. The minimum Gasteiger partial charge on any atom is -0.370 e. The van der Waals surface area contributed by atoms with Crippen LogP contribution in [0.5, 0.6) is 0 Å². The molecule has 1 unspecified atom stereocenters. The van der Waals surface area contributed by atoms with Crippen LogP contribution in [-0.2, 0) is 24.2 Å². The third-order valence-corrected chi connectivity index (χ3v) is 5.53. The molecule has 2 aliphatic heterocycles. The van der Waals surface area contributed by atoms with Gasteiger partial charge in [-0.05, 0) is 38.3 Å². The molecule has 1 N–H and O–H groups in total. The Labute approximate surface area is 166 Å². The van der Waals surface area contributed by atoms with Crippen molar-refractivity contribution in [3.8, 4) is 0 Å². The van der Waals surface area contributed by atoms with Crippen molar-refractivity contribution < 1.29 is 4.74 Å². The fraction of sp³-hybridized carbons (Fsp3) is 0.571. The molecule has 7 nitrogen and oxygen atoms in total. The van der Waals surface area contributed by atoms with Gasteiger partial charge in [-0.15, -0.1) is 10.2 Å². The summed E-state index contributed by atoms with van der Waals surface area (Å²) in [6.07, 6.45) is 2.25. The highest BCUT2D eigenvalue weighted by Gasteiger charge is 2.25. The molecule has 3 heterocycles. The number of fused-ring (bicyclic) bond motifs is 1. The topological polar surface area (TPSA) is 67.6 Å². The zero-order valence-corrected chi connectivity index (χ0v) is 17.1. The Kier molecular flexibility index (Phi) is 5.62. The van der Waals surface area contributed by atoms with Gasteiger partial charge in [0.05, 0.1) is 13.2 Å². The number of aliphatic imine (C=N–C) groups is 1. The van der Waals surface area contributed by atoms with Gasteiger partial charge in [0.25, 0.3) is 0 Å². The summed E-state index contributed by atoms with van der Waals surface area (Å²) in [4.78, 5) is 7.18. The lowest BCUT2D eigenvalue weighted by Gasteiger charge is -2.36. The van der Waals surface area contributed by atoms with Crippen molar-refractivity contribution in [2.24, 2.45) is 4.99 Å². The van der Waals surface area contributed by atoms with E-state index in [1.807, 2.05) is 0 Å². The average Bonchev–Trinajstić information content (AvgIpc) is 3.29. The van der Waals surface area contributed by atoms with Crippen molar-refractivity contribution in [3.05, 3.63) is 46.5 Å².